The SMILES string of the molecule is CCC(N)C(c1ccc(C)cc1)N(C)C1CCCCC1O. The van der Waals surface area contributed by atoms with Gasteiger partial charge in [0.1, 0.15) is 0 Å². The Kier molecular flexibility index (Phi) is 5.80. The highest BCUT2D eigenvalue weighted by atomic mass is 16.3. The standard InChI is InChI=1S/C18H30N2O/c1-4-15(19)18(14-11-9-13(2)10-12-14)20(3)16-7-5-6-8-17(16)21/h9-12,15-18,21H,4-8,19H2,1-3H3. The Morgan fingerprint density at radius 2 is 1.86 bits per heavy atom. The van der Waals surface area contributed by atoms with Crippen LogP contribution in [0.1, 0.15) is 56.2 Å². The Hall–Kier alpha value is -0.900. The minimum Gasteiger partial charge on any atom is -0.391 e. The molecule has 3 heteroatoms. The monoisotopic (exact) mass is 290 g/mol. The minimum atomic E-state index is -0.222. The lowest BCUT2D eigenvalue weighted by Crippen LogP contribution is -2.49. The second-order valence-electron chi connectivity index (χ2n) is 6.51. The van der Waals surface area contributed by atoms with Gasteiger partial charge in [0, 0.05) is 18.1 Å². The lowest BCUT2D eigenvalue weighted by molar-refractivity contribution is 0.00644. The van der Waals surface area contributed by atoms with Crippen molar-refractivity contribution < 1.29 is 5.11 Å². The summed E-state index contributed by atoms with van der Waals surface area (Å²) in [7, 11) is 2.12. The van der Waals surface area contributed by atoms with E-state index in [0.717, 1.165) is 25.7 Å². The Balaban J connectivity index is 2.24. The quantitative estimate of drug-likeness (QED) is 0.876. The summed E-state index contributed by atoms with van der Waals surface area (Å²) in [5.74, 6) is 0. The summed E-state index contributed by atoms with van der Waals surface area (Å²) in [6.07, 6.45) is 5.04. The largest absolute Gasteiger partial charge is 0.391 e. The van der Waals surface area contributed by atoms with Gasteiger partial charge in [-0.25, -0.2) is 0 Å². The van der Waals surface area contributed by atoms with Crippen LogP contribution < -0.4 is 5.73 Å². The summed E-state index contributed by atoms with van der Waals surface area (Å²) in [6.45, 7) is 4.24. The maximum atomic E-state index is 10.4. The fraction of sp³-hybridized carbons (Fsp3) is 0.667. The third kappa shape index (κ3) is 3.85. The summed E-state index contributed by atoms with van der Waals surface area (Å²) < 4.78 is 0. The third-order valence-corrected chi connectivity index (χ3v) is 4.95. The van der Waals surface area contributed by atoms with Crippen molar-refractivity contribution in [1.29, 1.82) is 0 Å². The number of rotatable bonds is 5. The lowest BCUT2D eigenvalue weighted by Gasteiger charge is -2.42. The summed E-state index contributed by atoms with van der Waals surface area (Å²) in [6, 6.07) is 9.15. The van der Waals surface area contributed by atoms with Crippen LogP contribution in [0, 0.1) is 6.92 Å². The molecule has 118 valence electrons. The van der Waals surface area contributed by atoms with Gasteiger partial charge >= 0.3 is 0 Å². The van der Waals surface area contributed by atoms with Gasteiger partial charge < -0.3 is 10.8 Å². The van der Waals surface area contributed by atoms with Crippen molar-refractivity contribution in [3.05, 3.63) is 35.4 Å². The molecule has 2 rings (SSSR count). The summed E-state index contributed by atoms with van der Waals surface area (Å²) in [5, 5.41) is 10.4. The predicted molar refractivity (Wildman–Crippen MR) is 88.2 cm³/mol. The molecule has 1 aromatic carbocycles. The number of benzene rings is 1. The Morgan fingerprint density at radius 3 is 2.43 bits per heavy atom. The number of aryl methyl sites for hydroxylation is 1. The van der Waals surface area contributed by atoms with Gasteiger partial charge in [-0.15, -0.1) is 0 Å². The Bertz CT molecular complexity index is 431. The highest BCUT2D eigenvalue weighted by Crippen LogP contribution is 2.31. The second kappa shape index (κ2) is 7.39. The molecule has 4 unspecified atom stereocenters. The molecular formula is C18H30N2O. The second-order valence-corrected chi connectivity index (χ2v) is 6.51. The molecule has 3 N–H and O–H groups in total. The highest BCUT2D eigenvalue weighted by molar-refractivity contribution is 5.25. The maximum Gasteiger partial charge on any atom is 0.0695 e. The molecule has 0 saturated heterocycles. The number of aliphatic hydroxyl groups excluding tert-OH is 1. The van der Waals surface area contributed by atoms with Crippen LogP contribution in [0.2, 0.25) is 0 Å². The number of hydrogen-bond donors (Lipinski definition) is 2. The van der Waals surface area contributed by atoms with Crippen molar-refractivity contribution in [3.63, 3.8) is 0 Å². The number of likely N-dealkylation sites (N-methyl/N-ethyl adjacent to an activating group) is 1. The Labute approximate surface area is 129 Å². The zero-order valence-corrected chi connectivity index (χ0v) is 13.6. The van der Waals surface area contributed by atoms with Gasteiger partial charge in [-0.1, -0.05) is 49.6 Å². The molecule has 1 aliphatic carbocycles. The molecule has 0 amide bonds. The van der Waals surface area contributed by atoms with Crippen molar-refractivity contribution in [1.82, 2.24) is 4.90 Å². The molecular weight excluding hydrogens is 260 g/mol. The van der Waals surface area contributed by atoms with E-state index in [1.165, 1.54) is 17.5 Å². The molecule has 1 aliphatic rings. The van der Waals surface area contributed by atoms with E-state index in [2.05, 4.69) is 50.1 Å². The van der Waals surface area contributed by atoms with E-state index in [1.807, 2.05) is 0 Å². The topological polar surface area (TPSA) is 49.5 Å². The van der Waals surface area contributed by atoms with Crippen LogP contribution in [0.15, 0.2) is 24.3 Å². The first kappa shape index (κ1) is 16.5. The molecule has 1 saturated carbocycles. The van der Waals surface area contributed by atoms with E-state index in [9.17, 15) is 5.11 Å². The minimum absolute atomic E-state index is 0.0897. The highest BCUT2D eigenvalue weighted by Gasteiger charge is 2.33. The van der Waals surface area contributed by atoms with Gasteiger partial charge in [-0.2, -0.15) is 0 Å². The van der Waals surface area contributed by atoms with E-state index in [-0.39, 0.29) is 24.2 Å². The molecule has 0 spiro atoms. The number of aliphatic hydroxyl groups is 1. The van der Waals surface area contributed by atoms with E-state index in [0.29, 0.717) is 0 Å². The molecule has 0 radical (unpaired) electrons. The van der Waals surface area contributed by atoms with Gasteiger partial charge in [0.25, 0.3) is 0 Å². The van der Waals surface area contributed by atoms with Crippen LogP contribution in [0.5, 0.6) is 0 Å². The molecule has 21 heavy (non-hydrogen) atoms. The molecule has 1 aromatic rings. The molecule has 0 aliphatic heterocycles. The summed E-state index contributed by atoms with van der Waals surface area (Å²) >= 11 is 0. The van der Waals surface area contributed by atoms with Crippen LogP contribution in [0.25, 0.3) is 0 Å². The normalized spacial score (nSPS) is 25.8. The van der Waals surface area contributed by atoms with Crippen molar-refractivity contribution in [3.8, 4) is 0 Å². The first-order valence-corrected chi connectivity index (χ1v) is 8.26. The van der Waals surface area contributed by atoms with Crippen LogP contribution >= 0.6 is 0 Å². The first-order valence-electron chi connectivity index (χ1n) is 8.26. The number of nitrogens with two attached hydrogens (primary N) is 1. The van der Waals surface area contributed by atoms with E-state index in [1.54, 1.807) is 0 Å². The van der Waals surface area contributed by atoms with Crippen molar-refractivity contribution in [2.24, 2.45) is 5.73 Å². The van der Waals surface area contributed by atoms with Crippen LogP contribution in [0.4, 0.5) is 0 Å². The van der Waals surface area contributed by atoms with E-state index in [4.69, 9.17) is 5.73 Å². The molecule has 0 bridgehead atoms. The van der Waals surface area contributed by atoms with E-state index >= 15 is 0 Å². The van der Waals surface area contributed by atoms with Gasteiger partial charge in [0.05, 0.1) is 6.10 Å². The zero-order valence-electron chi connectivity index (χ0n) is 13.6. The third-order valence-electron chi connectivity index (χ3n) is 4.95. The zero-order chi connectivity index (χ0) is 15.4. The van der Waals surface area contributed by atoms with Crippen LogP contribution in [-0.2, 0) is 0 Å². The maximum absolute atomic E-state index is 10.4. The first-order chi connectivity index (χ1) is 10.0. The number of hydrogen-bond acceptors (Lipinski definition) is 3. The molecule has 1 fully saturated rings. The van der Waals surface area contributed by atoms with Crippen molar-refractivity contribution >= 4 is 0 Å². The molecule has 0 heterocycles. The van der Waals surface area contributed by atoms with Crippen molar-refractivity contribution in [2.45, 2.75) is 70.2 Å². The fourth-order valence-corrected chi connectivity index (χ4v) is 3.54. The van der Waals surface area contributed by atoms with Crippen LogP contribution in [0.3, 0.4) is 0 Å². The van der Waals surface area contributed by atoms with Crippen LogP contribution in [-0.4, -0.2) is 35.2 Å². The summed E-state index contributed by atoms with van der Waals surface area (Å²) in [5.41, 5.74) is 8.94. The smallest absolute Gasteiger partial charge is 0.0695 e. The lowest BCUT2D eigenvalue weighted by atomic mass is 9.88. The fourth-order valence-electron chi connectivity index (χ4n) is 3.54. The average molecular weight is 290 g/mol. The van der Waals surface area contributed by atoms with Gasteiger partial charge in [-0.3, -0.25) is 4.90 Å². The van der Waals surface area contributed by atoms with Crippen molar-refractivity contribution in [2.75, 3.05) is 7.05 Å². The predicted octanol–water partition coefficient (Wildman–Crippen LogP) is 3.01. The number of nitrogens with zero attached hydrogens (tertiary/aromatic N) is 1. The summed E-state index contributed by atoms with van der Waals surface area (Å²) in [4.78, 5) is 2.32. The van der Waals surface area contributed by atoms with Gasteiger partial charge in [-0.05, 0) is 38.8 Å². The van der Waals surface area contributed by atoms with Gasteiger partial charge in [0.15, 0.2) is 0 Å². The van der Waals surface area contributed by atoms with Gasteiger partial charge in [0.2, 0.25) is 0 Å². The van der Waals surface area contributed by atoms with E-state index < -0.39 is 0 Å². The molecule has 4 atom stereocenters. The molecule has 0 aromatic heterocycles. The Morgan fingerprint density at radius 1 is 1.24 bits per heavy atom. The average Bonchev–Trinajstić information content (AvgIpc) is 2.49. The molecule has 3 nitrogen and oxygen atoms in total.